The molecule has 0 bridgehead atoms. The molecule has 0 spiro atoms. The zero-order valence-electron chi connectivity index (χ0n) is 9.49. The number of rotatable bonds is 5. The van der Waals surface area contributed by atoms with E-state index in [1.807, 2.05) is 0 Å². The first kappa shape index (κ1) is 12.2. The van der Waals surface area contributed by atoms with E-state index in [0.717, 1.165) is 18.9 Å². The van der Waals surface area contributed by atoms with Gasteiger partial charge in [0.05, 0.1) is 4.92 Å². The first-order valence-electron chi connectivity index (χ1n) is 5.85. The predicted molar refractivity (Wildman–Crippen MR) is 68.6 cm³/mol. The van der Waals surface area contributed by atoms with E-state index in [-0.39, 0.29) is 10.7 Å². The van der Waals surface area contributed by atoms with Crippen LogP contribution in [0, 0.1) is 16.0 Å². The van der Waals surface area contributed by atoms with Crippen LogP contribution in [0.5, 0.6) is 0 Å². The fourth-order valence-electron chi connectivity index (χ4n) is 2.04. The smallest absolute Gasteiger partial charge is 0.310 e. The van der Waals surface area contributed by atoms with Gasteiger partial charge in [-0.2, -0.15) is 0 Å². The Kier molecular flexibility index (Phi) is 3.84. The van der Waals surface area contributed by atoms with Gasteiger partial charge in [0.1, 0.15) is 10.7 Å². The molecule has 0 aromatic heterocycles. The molecular formula is C12H15ClN2O2. The highest BCUT2D eigenvalue weighted by Gasteiger charge is 2.19. The van der Waals surface area contributed by atoms with Gasteiger partial charge in [-0.15, -0.1) is 0 Å². The molecule has 5 heteroatoms. The molecule has 1 aliphatic carbocycles. The number of anilines is 1. The van der Waals surface area contributed by atoms with Crippen molar-refractivity contribution in [1.29, 1.82) is 0 Å². The number of hydrogen-bond acceptors (Lipinski definition) is 3. The van der Waals surface area contributed by atoms with Crippen LogP contribution in [0.2, 0.25) is 5.02 Å². The third-order valence-electron chi connectivity index (χ3n) is 3.26. The van der Waals surface area contributed by atoms with Gasteiger partial charge in [0.25, 0.3) is 0 Å². The molecule has 1 aliphatic rings. The fourth-order valence-corrected chi connectivity index (χ4v) is 2.28. The van der Waals surface area contributed by atoms with Gasteiger partial charge in [-0.1, -0.05) is 36.9 Å². The number of nitrogens with zero attached hydrogens (tertiary/aromatic N) is 1. The fraction of sp³-hybridized carbons (Fsp3) is 0.500. The van der Waals surface area contributed by atoms with E-state index >= 15 is 0 Å². The zero-order valence-corrected chi connectivity index (χ0v) is 10.2. The predicted octanol–water partition coefficient (Wildman–Crippen LogP) is 3.85. The Morgan fingerprint density at radius 1 is 1.47 bits per heavy atom. The maximum atomic E-state index is 10.9. The van der Waals surface area contributed by atoms with Gasteiger partial charge in [0, 0.05) is 6.54 Å². The van der Waals surface area contributed by atoms with Crippen LogP contribution < -0.4 is 5.32 Å². The summed E-state index contributed by atoms with van der Waals surface area (Å²) in [6.45, 7) is 0.770. The first-order valence-corrected chi connectivity index (χ1v) is 6.23. The van der Waals surface area contributed by atoms with Gasteiger partial charge in [-0.05, 0) is 24.5 Å². The molecule has 17 heavy (non-hydrogen) atoms. The third-order valence-corrected chi connectivity index (χ3v) is 3.57. The number of nitro benzene ring substituents is 1. The number of hydrogen-bond donors (Lipinski definition) is 1. The standard InChI is InChI=1S/C12H15ClN2O2/c13-10-5-2-6-11(12(10)15(16)17)14-8-7-9-3-1-4-9/h2,5-6,9,14H,1,3-4,7-8H2. The number of para-hydroxylation sites is 1. The monoisotopic (exact) mass is 254 g/mol. The van der Waals surface area contributed by atoms with E-state index in [9.17, 15) is 10.1 Å². The molecule has 4 nitrogen and oxygen atoms in total. The van der Waals surface area contributed by atoms with Crippen LogP contribution >= 0.6 is 11.6 Å². The average molecular weight is 255 g/mol. The van der Waals surface area contributed by atoms with Crippen molar-refractivity contribution >= 4 is 23.0 Å². The highest BCUT2D eigenvalue weighted by atomic mass is 35.5. The molecule has 0 saturated heterocycles. The maximum absolute atomic E-state index is 10.9. The second-order valence-electron chi connectivity index (χ2n) is 4.41. The van der Waals surface area contributed by atoms with Crippen LogP contribution in [0.1, 0.15) is 25.7 Å². The molecule has 1 aromatic carbocycles. The van der Waals surface area contributed by atoms with Crippen LogP contribution in [-0.4, -0.2) is 11.5 Å². The highest BCUT2D eigenvalue weighted by Crippen LogP contribution is 2.33. The Bertz CT molecular complexity index is 419. The van der Waals surface area contributed by atoms with Gasteiger partial charge in [0.15, 0.2) is 0 Å². The number of nitrogens with one attached hydrogen (secondary N) is 1. The minimum Gasteiger partial charge on any atom is -0.379 e. The SMILES string of the molecule is O=[N+]([O-])c1c(Cl)cccc1NCCC1CCC1. The molecule has 0 unspecified atom stereocenters. The Hall–Kier alpha value is -1.29. The molecule has 1 aromatic rings. The lowest BCUT2D eigenvalue weighted by molar-refractivity contribution is -0.383. The molecule has 2 rings (SSSR count). The van der Waals surface area contributed by atoms with Crippen molar-refractivity contribution in [2.24, 2.45) is 5.92 Å². The van der Waals surface area contributed by atoms with Crippen LogP contribution in [0.4, 0.5) is 11.4 Å². The molecule has 0 amide bonds. The molecule has 0 aliphatic heterocycles. The summed E-state index contributed by atoms with van der Waals surface area (Å²) in [4.78, 5) is 10.5. The molecule has 1 N–H and O–H groups in total. The Balaban J connectivity index is 1.98. The second-order valence-corrected chi connectivity index (χ2v) is 4.81. The summed E-state index contributed by atoms with van der Waals surface area (Å²) in [6.07, 6.45) is 4.98. The van der Waals surface area contributed by atoms with Crippen LogP contribution in [-0.2, 0) is 0 Å². The summed E-state index contributed by atoms with van der Waals surface area (Å²) in [5.41, 5.74) is 0.490. The second kappa shape index (κ2) is 5.36. The molecule has 0 heterocycles. The summed E-state index contributed by atoms with van der Waals surface area (Å²) in [6, 6.07) is 4.96. The van der Waals surface area contributed by atoms with Crippen molar-refractivity contribution in [3.8, 4) is 0 Å². The van der Waals surface area contributed by atoms with E-state index in [4.69, 9.17) is 11.6 Å². The van der Waals surface area contributed by atoms with Gasteiger partial charge < -0.3 is 5.32 Å². The quantitative estimate of drug-likeness (QED) is 0.641. The van der Waals surface area contributed by atoms with Gasteiger partial charge in [-0.25, -0.2) is 0 Å². The minimum absolute atomic E-state index is 0.0252. The van der Waals surface area contributed by atoms with Gasteiger partial charge in [0.2, 0.25) is 0 Å². The van der Waals surface area contributed by atoms with Crippen LogP contribution in [0.25, 0.3) is 0 Å². The molecule has 0 radical (unpaired) electrons. The molecule has 1 fully saturated rings. The number of nitro groups is 1. The summed E-state index contributed by atoms with van der Waals surface area (Å²) >= 11 is 5.82. The van der Waals surface area contributed by atoms with E-state index in [1.54, 1.807) is 12.1 Å². The summed E-state index contributed by atoms with van der Waals surface area (Å²) in [7, 11) is 0. The molecule has 92 valence electrons. The molecule has 1 saturated carbocycles. The van der Waals surface area contributed by atoms with Gasteiger partial charge in [-0.3, -0.25) is 10.1 Å². The summed E-state index contributed by atoms with van der Waals surface area (Å²) in [5.74, 6) is 0.792. The van der Waals surface area contributed by atoms with Gasteiger partial charge >= 0.3 is 5.69 Å². The van der Waals surface area contributed by atoms with Crippen molar-refractivity contribution < 1.29 is 4.92 Å². The lowest BCUT2D eigenvalue weighted by Crippen LogP contribution is -2.16. The normalized spacial score (nSPS) is 15.4. The van der Waals surface area contributed by atoms with Crippen molar-refractivity contribution in [2.75, 3.05) is 11.9 Å². The summed E-state index contributed by atoms with van der Waals surface area (Å²) < 4.78 is 0. The average Bonchev–Trinajstić information content (AvgIpc) is 2.21. The minimum atomic E-state index is -0.436. The molecular weight excluding hydrogens is 240 g/mol. The first-order chi connectivity index (χ1) is 8.18. The van der Waals surface area contributed by atoms with Crippen molar-refractivity contribution in [3.63, 3.8) is 0 Å². The lowest BCUT2D eigenvalue weighted by atomic mass is 9.83. The van der Waals surface area contributed by atoms with Crippen molar-refractivity contribution in [3.05, 3.63) is 33.3 Å². The number of benzene rings is 1. The van der Waals surface area contributed by atoms with E-state index in [2.05, 4.69) is 5.32 Å². The topological polar surface area (TPSA) is 55.2 Å². The zero-order chi connectivity index (χ0) is 12.3. The van der Waals surface area contributed by atoms with Crippen LogP contribution in [0.15, 0.2) is 18.2 Å². The van der Waals surface area contributed by atoms with E-state index in [0.29, 0.717) is 5.69 Å². The Labute approximate surface area is 105 Å². The highest BCUT2D eigenvalue weighted by molar-refractivity contribution is 6.33. The lowest BCUT2D eigenvalue weighted by Gasteiger charge is -2.25. The third kappa shape index (κ3) is 2.88. The summed E-state index contributed by atoms with van der Waals surface area (Å²) in [5, 5.41) is 14.2. The maximum Gasteiger partial charge on any atom is 0.310 e. The largest absolute Gasteiger partial charge is 0.379 e. The van der Waals surface area contributed by atoms with Crippen LogP contribution in [0.3, 0.4) is 0 Å². The molecule has 0 atom stereocenters. The number of halogens is 1. The Morgan fingerprint density at radius 2 is 2.24 bits per heavy atom. The Morgan fingerprint density at radius 3 is 2.82 bits per heavy atom. The van der Waals surface area contributed by atoms with E-state index in [1.165, 1.54) is 25.3 Å². The van der Waals surface area contributed by atoms with Crippen molar-refractivity contribution in [1.82, 2.24) is 0 Å². The van der Waals surface area contributed by atoms with E-state index < -0.39 is 4.92 Å². The van der Waals surface area contributed by atoms with Crippen molar-refractivity contribution in [2.45, 2.75) is 25.7 Å².